The number of carbonyl (C=O) groups is 2. The van der Waals surface area contributed by atoms with Crippen LogP contribution in [0.5, 0.6) is 0 Å². The van der Waals surface area contributed by atoms with Crippen LogP contribution in [0.15, 0.2) is 10.6 Å². The van der Waals surface area contributed by atoms with Crippen molar-refractivity contribution in [1.82, 2.24) is 10.1 Å². The summed E-state index contributed by atoms with van der Waals surface area (Å²) in [4.78, 5) is 24.1. The van der Waals surface area contributed by atoms with Crippen molar-refractivity contribution >= 4 is 11.9 Å². The maximum absolute atomic E-state index is 12.1. The number of aliphatic carboxylic acids is 1. The van der Waals surface area contributed by atoms with Crippen molar-refractivity contribution in [1.29, 1.82) is 0 Å². The van der Waals surface area contributed by atoms with E-state index in [0.717, 1.165) is 0 Å². The summed E-state index contributed by atoms with van der Waals surface area (Å²) in [5.74, 6) is -0.740. The van der Waals surface area contributed by atoms with Crippen molar-refractivity contribution in [3.8, 4) is 0 Å². The molecule has 1 rings (SSSR count). The molecule has 0 radical (unpaired) electrons. The largest absolute Gasteiger partial charge is 0.480 e. The lowest BCUT2D eigenvalue weighted by molar-refractivity contribution is -0.138. The number of aromatic nitrogens is 1. The van der Waals surface area contributed by atoms with Gasteiger partial charge in [0.15, 0.2) is 5.69 Å². The molecule has 0 saturated carbocycles. The van der Waals surface area contributed by atoms with Gasteiger partial charge in [-0.3, -0.25) is 9.59 Å². The van der Waals surface area contributed by atoms with Gasteiger partial charge in [-0.15, -0.1) is 0 Å². The number of carboxylic acid groups (broad SMARTS) is 1. The second-order valence-corrected chi connectivity index (χ2v) is 4.69. The fourth-order valence-electron chi connectivity index (χ4n) is 1.44. The van der Waals surface area contributed by atoms with Crippen LogP contribution < -0.4 is 0 Å². The maximum Gasteiger partial charge on any atom is 0.323 e. The molecule has 0 unspecified atom stereocenters. The average Bonchev–Trinajstić information content (AvgIpc) is 2.73. The van der Waals surface area contributed by atoms with Gasteiger partial charge in [-0.1, -0.05) is 19.0 Å². The van der Waals surface area contributed by atoms with E-state index in [-0.39, 0.29) is 24.2 Å². The molecule has 1 aromatic rings. The summed E-state index contributed by atoms with van der Waals surface area (Å²) in [5, 5.41) is 12.5. The van der Waals surface area contributed by atoms with Crippen LogP contribution in [-0.2, 0) is 4.79 Å². The minimum atomic E-state index is -1.05. The van der Waals surface area contributed by atoms with E-state index in [1.54, 1.807) is 19.9 Å². The molecule has 6 heteroatoms. The third kappa shape index (κ3) is 3.32. The topological polar surface area (TPSA) is 83.6 Å². The molecule has 1 heterocycles. The average molecular weight is 254 g/mol. The first-order valence-corrected chi connectivity index (χ1v) is 5.82. The molecule has 1 aromatic heterocycles. The second-order valence-electron chi connectivity index (χ2n) is 4.69. The zero-order chi connectivity index (χ0) is 13.9. The smallest absolute Gasteiger partial charge is 0.323 e. The van der Waals surface area contributed by atoms with Gasteiger partial charge in [0.25, 0.3) is 5.91 Å². The van der Waals surface area contributed by atoms with Gasteiger partial charge in [0.1, 0.15) is 12.3 Å². The Morgan fingerprint density at radius 2 is 2.00 bits per heavy atom. The highest BCUT2D eigenvalue weighted by molar-refractivity contribution is 5.94. The highest BCUT2D eigenvalue weighted by Crippen LogP contribution is 2.16. The molecule has 0 spiro atoms. The van der Waals surface area contributed by atoms with Crippen LogP contribution in [0.3, 0.4) is 0 Å². The molecular weight excluding hydrogens is 236 g/mol. The van der Waals surface area contributed by atoms with E-state index in [9.17, 15) is 9.59 Å². The van der Waals surface area contributed by atoms with Gasteiger partial charge in [0, 0.05) is 18.0 Å². The zero-order valence-electron chi connectivity index (χ0n) is 11.0. The predicted octanol–water partition coefficient (Wildman–Crippen LogP) is 1.73. The summed E-state index contributed by atoms with van der Waals surface area (Å²) >= 11 is 0. The first-order chi connectivity index (χ1) is 8.32. The Balaban J connectivity index is 2.91. The Bertz CT molecular complexity index is 437. The van der Waals surface area contributed by atoms with Crippen molar-refractivity contribution in [2.24, 2.45) is 0 Å². The number of hydrogen-bond donors (Lipinski definition) is 1. The lowest BCUT2D eigenvalue weighted by atomic mass is 10.1. The van der Waals surface area contributed by atoms with Gasteiger partial charge >= 0.3 is 5.97 Å². The van der Waals surface area contributed by atoms with Crippen LogP contribution in [0, 0.1) is 0 Å². The third-order valence-corrected chi connectivity index (χ3v) is 2.51. The summed E-state index contributed by atoms with van der Waals surface area (Å²) in [6.45, 7) is 7.01. The summed E-state index contributed by atoms with van der Waals surface area (Å²) in [6.07, 6.45) is 0. The Kier molecular flexibility index (Phi) is 4.47. The van der Waals surface area contributed by atoms with Crippen LogP contribution >= 0.6 is 0 Å². The number of rotatable bonds is 5. The molecule has 0 bridgehead atoms. The van der Waals surface area contributed by atoms with E-state index >= 15 is 0 Å². The van der Waals surface area contributed by atoms with Crippen LogP contribution in [0.2, 0.25) is 0 Å². The molecule has 6 nitrogen and oxygen atoms in total. The number of carbonyl (C=O) groups excluding carboxylic acids is 1. The first kappa shape index (κ1) is 14.2. The number of carboxylic acids is 1. The van der Waals surface area contributed by atoms with Gasteiger partial charge in [-0.2, -0.15) is 0 Å². The number of nitrogens with zero attached hydrogens (tertiary/aromatic N) is 2. The first-order valence-electron chi connectivity index (χ1n) is 5.82. The van der Waals surface area contributed by atoms with Gasteiger partial charge in [0.2, 0.25) is 0 Å². The van der Waals surface area contributed by atoms with Crippen molar-refractivity contribution in [2.75, 3.05) is 6.54 Å². The van der Waals surface area contributed by atoms with Crippen LogP contribution in [0.25, 0.3) is 0 Å². The van der Waals surface area contributed by atoms with E-state index in [4.69, 9.17) is 9.63 Å². The van der Waals surface area contributed by atoms with E-state index in [1.807, 2.05) is 13.8 Å². The SMILES string of the molecule is CC(C)c1cc(C(=O)N(CC(=O)O)C(C)C)no1. The Labute approximate surface area is 106 Å². The molecule has 0 fully saturated rings. The summed E-state index contributed by atoms with van der Waals surface area (Å²) in [5.41, 5.74) is 0.147. The molecule has 100 valence electrons. The lowest BCUT2D eigenvalue weighted by Crippen LogP contribution is -2.40. The standard InChI is InChI=1S/C12H18N2O4/c1-7(2)10-5-9(13-18-10)12(17)14(8(3)4)6-11(15)16/h5,7-8H,6H2,1-4H3,(H,15,16). The van der Waals surface area contributed by atoms with E-state index < -0.39 is 11.9 Å². The van der Waals surface area contributed by atoms with Crippen molar-refractivity contribution in [3.63, 3.8) is 0 Å². The molecule has 0 aromatic carbocycles. The van der Waals surface area contributed by atoms with Crippen molar-refractivity contribution in [3.05, 3.63) is 17.5 Å². The molecule has 1 N–H and O–H groups in total. The molecule has 0 aliphatic carbocycles. The molecule has 1 amide bonds. The Morgan fingerprint density at radius 3 is 2.39 bits per heavy atom. The fourth-order valence-corrected chi connectivity index (χ4v) is 1.44. The third-order valence-electron chi connectivity index (χ3n) is 2.51. The highest BCUT2D eigenvalue weighted by Gasteiger charge is 2.24. The molecule has 0 atom stereocenters. The summed E-state index contributed by atoms with van der Waals surface area (Å²) in [6, 6.07) is 1.34. The number of amides is 1. The second kappa shape index (κ2) is 5.66. The summed E-state index contributed by atoms with van der Waals surface area (Å²) < 4.78 is 5.04. The fraction of sp³-hybridized carbons (Fsp3) is 0.583. The predicted molar refractivity (Wildman–Crippen MR) is 64.4 cm³/mol. The molecule has 0 aliphatic heterocycles. The van der Waals surface area contributed by atoms with E-state index in [0.29, 0.717) is 5.76 Å². The van der Waals surface area contributed by atoms with Gasteiger partial charge in [-0.25, -0.2) is 0 Å². The monoisotopic (exact) mass is 254 g/mol. The Morgan fingerprint density at radius 1 is 1.39 bits per heavy atom. The van der Waals surface area contributed by atoms with Gasteiger partial charge in [-0.05, 0) is 13.8 Å². The van der Waals surface area contributed by atoms with Gasteiger partial charge < -0.3 is 14.5 Å². The molecular formula is C12H18N2O4. The lowest BCUT2D eigenvalue weighted by Gasteiger charge is -2.23. The van der Waals surface area contributed by atoms with Crippen molar-refractivity contribution < 1.29 is 19.2 Å². The normalized spacial score (nSPS) is 11.0. The van der Waals surface area contributed by atoms with Gasteiger partial charge in [0.05, 0.1) is 0 Å². The molecule has 0 aliphatic rings. The zero-order valence-corrected chi connectivity index (χ0v) is 11.0. The summed E-state index contributed by atoms with van der Waals surface area (Å²) in [7, 11) is 0. The maximum atomic E-state index is 12.1. The van der Waals surface area contributed by atoms with E-state index in [1.165, 1.54) is 4.90 Å². The molecule has 18 heavy (non-hydrogen) atoms. The minimum absolute atomic E-state index is 0.131. The van der Waals surface area contributed by atoms with Crippen LogP contribution in [0.1, 0.15) is 49.9 Å². The highest BCUT2D eigenvalue weighted by atomic mass is 16.5. The van der Waals surface area contributed by atoms with Crippen LogP contribution in [-0.4, -0.2) is 39.6 Å². The van der Waals surface area contributed by atoms with Crippen LogP contribution in [0.4, 0.5) is 0 Å². The molecule has 0 saturated heterocycles. The number of hydrogen-bond acceptors (Lipinski definition) is 4. The quantitative estimate of drug-likeness (QED) is 0.865. The minimum Gasteiger partial charge on any atom is -0.480 e. The van der Waals surface area contributed by atoms with E-state index in [2.05, 4.69) is 5.16 Å². The Hall–Kier alpha value is -1.85. The van der Waals surface area contributed by atoms with Crippen molar-refractivity contribution in [2.45, 2.75) is 39.7 Å².